The van der Waals surface area contributed by atoms with E-state index in [0.29, 0.717) is 21.9 Å². The Labute approximate surface area is 180 Å². The monoisotopic (exact) mass is 473 g/mol. The number of aryl methyl sites for hydroxylation is 1. The number of carbonyl (C=O) groups excluding carboxylic acids is 2. The summed E-state index contributed by atoms with van der Waals surface area (Å²) in [5, 5.41) is 15.5. The molecule has 8 heteroatoms. The van der Waals surface area contributed by atoms with Crippen LogP contribution in [-0.2, 0) is 9.59 Å². The van der Waals surface area contributed by atoms with Gasteiger partial charge in [0.25, 0.3) is 0 Å². The van der Waals surface area contributed by atoms with E-state index in [1.165, 1.54) is 12.1 Å². The molecule has 0 fully saturated rings. The van der Waals surface area contributed by atoms with Crippen molar-refractivity contribution in [3.05, 3.63) is 74.5 Å². The van der Waals surface area contributed by atoms with E-state index in [9.17, 15) is 19.2 Å². The molecule has 2 aromatic carbocycles. The van der Waals surface area contributed by atoms with Gasteiger partial charge in [0.2, 0.25) is 11.8 Å². The van der Waals surface area contributed by atoms with Gasteiger partial charge in [-0.1, -0.05) is 39.8 Å². The fourth-order valence-corrected chi connectivity index (χ4v) is 4.09. The third kappa shape index (κ3) is 5.25. The molecule has 0 bridgehead atoms. The van der Waals surface area contributed by atoms with Crippen LogP contribution in [0.2, 0.25) is 0 Å². The summed E-state index contributed by atoms with van der Waals surface area (Å²) >= 11 is 4.51. The molecule has 2 aromatic rings. The Hall–Kier alpha value is -2.63. The smallest absolute Gasteiger partial charge is 0.234 e. The average molecular weight is 474 g/mol. The highest BCUT2D eigenvalue weighted by atomic mass is 79.9. The fraction of sp³-hybridized carbons (Fsp3) is 0.190. The van der Waals surface area contributed by atoms with Gasteiger partial charge in [-0.15, -0.1) is 0 Å². The lowest BCUT2D eigenvalue weighted by Gasteiger charge is -2.25. The molecule has 0 aromatic heterocycles. The van der Waals surface area contributed by atoms with Crippen LogP contribution in [0.3, 0.4) is 0 Å². The van der Waals surface area contributed by atoms with Crippen LogP contribution in [0.25, 0.3) is 0 Å². The lowest BCUT2D eigenvalue weighted by molar-refractivity contribution is -0.121. The number of carbonyl (C=O) groups is 2. The van der Waals surface area contributed by atoms with Crippen molar-refractivity contribution in [2.75, 3.05) is 11.1 Å². The van der Waals surface area contributed by atoms with Gasteiger partial charge in [0, 0.05) is 22.5 Å². The van der Waals surface area contributed by atoms with E-state index in [0.717, 1.165) is 21.8 Å². The fourth-order valence-electron chi connectivity index (χ4n) is 2.97. The number of allylic oxidation sites excluding steroid dienone is 1. The maximum Gasteiger partial charge on any atom is 0.234 e. The molecule has 0 aliphatic carbocycles. The van der Waals surface area contributed by atoms with E-state index >= 15 is 0 Å². The molecule has 5 nitrogen and oxygen atoms in total. The highest BCUT2D eigenvalue weighted by Crippen LogP contribution is 2.36. The Morgan fingerprint density at radius 2 is 2.07 bits per heavy atom. The second-order valence-corrected chi connectivity index (χ2v) is 8.35. The van der Waals surface area contributed by atoms with Crippen LogP contribution in [0.5, 0.6) is 0 Å². The summed E-state index contributed by atoms with van der Waals surface area (Å²) in [6, 6.07) is 13.4. The number of anilines is 1. The molecule has 0 saturated carbocycles. The maximum absolute atomic E-state index is 13.2. The second-order valence-electron chi connectivity index (χ2n) is 6.51. The molecule has 3 rings (SSSR count). The third-order valence-corrected chi connectivity index (χ3v) is 6.32. The van der Waals surface area contributed by atoms with Gasteiger partial charge in [-0.25, -0.2) is 4.39 Å². The number of nitrogens with zero attached hydrogens (tertiary/aromatic N) is 1. The van der Waals surface area contributed by atoms with Crippen LogP contribution in [0.4, 0.5) is 10.1 Å². The summed E-state index contributed by atoms with van der Waals surface area (Å²) in [7, 11) is 0. The summed E-state index contributed by atoms with van der Waals surface area (Å²) in [6.07, 6.45) is 0.100. The maximum atomic E-state index is 13.2. The van der Waals surface area contributed by atoms with Crippen molar-refractivity contribution in [1.82, 2.24) is 5.32 Å². The standard InChI is InChI=1S/C21H17BrFN3O2S/c1-12-8-15(6-7-18(12)22)25-20(28)11-29-21-17(10-24)16(9-19(27)26-21)13-2-4-14(23)5-3-13/h2-8,16H,9,11H2,1H3,(H,25,28)(H,26,27)/t16-/m1/s1. The first kappa shape index (κ1) is 21.1. The summed E-state index contributed by atoms with van der Waals surface area (Å²) < 4.78 is 14.2. The van der Waals surface area contributed by atoms with Crippen LogP contribution < -0.4 is 10.6 Å². The van der Waals surface area contributed by atoms with Crippen LogP contribution in [0, 0.1) is 24.1 Å². The zero-order chi connectivity index (χ0) is 21.0. The number of hydrogen-bond acceptors (Lipinski definition) is 4. The van der Waals surface area contributed by atoms with Gasteiger partial charge in [0.15, 0.2) is 0 Å². The number of nitrogens with one attached hydrogen (secondary N) is 2. The Balaban J connectivity index is 1.74. The highest BCUT2D eigenvalue weighted by molar-refractivity contribution is 9.10. The Morgan fingerprint density at radius 1 is 1.34 bits per heavy atom. The minimum Gasteiger partial charge on any atom is -0.325 e. The van der Waals surface area contributed by atoms with Crippen molar-refractivity contribution in [2.24, 2.45) is 0 Å². The van der Waals surface area contributed by atoms with Crippen molar-refractivity contribution in [1.29, 1.82) is 5.26 Å². The van der Waals surface area contributed by atoms with Crippen LogP contribution in [0.1, 0.15) is 23.5 Å². The molecule has 2 amide bonds. The number of halogens is 2. The number of benzene rings is 2. The largest absolute Gasteiger partial charge is 0.325 e. The molecule has 0 unspecified atom stereocenters. The van der Waals surface area contributed by atoms with E-state index in [-0.39, 0.29) is 29.8 Å². The molecule has 1 aliphatic heterocycles. The lowest BCUT2D eigenvalue weighted by atomic mass is 9.87. The van der Waals surface area contributed by atoms with Crippen molar-refractivity contribution < 1.29 is 14.0 Å². The SMILES string of the molecule is Cc1cc(NC(=O)CSC2=C(C#N)[C@@H](c3ccc(F)cc3)CC(=O)N2)ccc1Br. The molecule has 0 spiro atoms. The van der Waals surface area contributed by atoms with Gasteiger partial charge in [0.1, 0.15) is 5.82 Å². The van der Waals surface area contributed by atoms with E-state index in [4.69, 9.17) is 0 Å². The van der Waals surface area contributed by atoms with E-state index in [2.05, 4.69) is 32.6 Å². The van der Waals surface area contributed by atoms with Gasteiger partial charge >= 0.3 is 0 Å². The van der Waals surface area contributed by atoms with E-state index in [1.807, 2.05) is 19.1 Å². The molecule has 29 heavy (non-hydrogen) atoms. The van der Waals surface area contributed by atoms with Crippen molar-refractivity contribution in [3.63, 3.8) is 0 Å². The quantitative estimate of drug-likeness (QED) is 0.664. The zero-order valence-corrected chi connectivity index (χ0v) is 17.9. The molecule has 148 valence electrons. The Kier molecular flexibility index (Phi) is 6.72. The number of rotatable bonds is 5. The third-order valence-electron chi connectivity index (χ3n) is 4.42. The predicted octanol–water partition coefficient (Wildman–Crippen LogP) is 4.61. The topological polar surface area (TPSA) is 82.0 Å². The molecule has 0 saturated heterocycles. The summed E-state index contributed by atoms with van der Waals surface area (Å²) in [6.45, 7) is 1.92. The first-order valence-electron chi connectivity index (χ1n) is 8.75. The normalized spacial score (nSPS) is 16.2. The molecule has 1 aliphatic rings. The summed E-state index contributed by atoms with van der Waals surface area (Å²) in [5.74, 6) is -1.31. The number of hydrogen-bond donors (Lipinski definition) is 2. The Bertz CT molecular complexity index is 1030. The highest BCUT2D eigenvalue weighted by Gasteiger charge is 2.29. The number of nitriles is 1. The van der Waals surface area contributed by atoms with Crippen LogP contribution in [0.15, 0.2) is 57.5 Å². The molecular weight excluding hydrogens is 457 g/mol. The second kappa shape index (κ2) is 9.25. The molecule has 2 N–H and O–H groups in total. The van der Waals surface area contributed by atoms with Gasteiger partial charge in [-0.3, -0.25) is 9.59 Å². The van der Waals surface area contributed by atoms with Gasteiger partial charge in [0.05, 0.1) is 22.4 Å². The number of amides is 2. The van der Waals surface area contributed by atoms with E-state index in [1.54, 1.807) is 18.2 Å². The lowest BCUT2D eigenvalue weighted by Crippen LogP contribution is -2.31. The minimum absolute atomic E-state index is 0.0338. The summed E-state index contributed by atoms with van der Waals surface area (Å²) in [4.78, 5) is 24.5. The average Bonchev–Trinajstić information content (AvgIpc) is 2.69. The molecule has 1 heterocycles. The van der Waals surface area contributed by atoms with Crippen molar-refractivity contribution in [3.8, 4) is 6.07 Å². The van der Waals surface area contributed by atoms with Gasteiger partial charge < -0.3 is 10.6 Å². The van der Waals surface area contributed by atoms with E-state index < -0.39 is 5.92 Å². The van der Waals surface area contributed by atoms with Crippen LogP contribution in [-0.4, -0.2) is 17.6 Å². The zero-order valence-electron chi connectivity index (χ0n) is 15.5. The van der Waals surface area contributed by atoms with Crippen molar-refractivity contribution in [2.45, 2.75) is 19.3 Å². The summed E-state index contributed by atoms with van der Waals surface area (Å²) in [5.41, 5.74) is 2.72. The predicted molar refractivity (Wildman–Crippen MR) is 115 cm³/mol. The number of thioether (sulfide) groups is 1. The molecular formula is C21H17BrFN3O2S. The first-order chi connectivity index (χ1) is 13.9. The molecule has 1 atom stereocenters. The van der Waals surface area contributed by atoms with Gasteiger partial charge in [-0.05, 0) is 48.4 Å². The minimum atomic E-state index is -0.464. The Morgan fingerprint density at radius 3 is 2.72 bits per heavy atom. The van der Waals surface area contributed by atoms with Gasteiger partial charge in [-0.2, -0.15) is 5.26 Å². The van der Waals surface area contributed by atoms with Crippen molar-refractivity contribution >= 4 is 45.2 Å². The first-order valence-corrected chi connectivity index (χ1v) is 10.5. The molecule has 0 radical (unpaired) electrons. The van der Waals surface area contributed by atoms with Crippen LogP contribution >= 0.6 is 27.7 Å².